The molecule has 3 aromatic rings. The van der Waals surface area contributed by atoms with E-state index in [9.17, 15) is 9.18 Å². The molecule has 0 radical (unpaired) electrons. The first kappa shape index (κ1) is 21.4. The zero-order chi connectivity index (χ0) is 20.8. The number of benzene rings is 2. The Bertz CT molecular complexity index is 996. The fourth-order valence-electron chi connectivity index (χ4n) is 2.46. The van der Waals surface area contributed by atoms with Crippen LogP contribution in [0.1, 0.15) is 11.1 Å². The van der Waals surface area contributed by atoms with E-state index >= 15 is 0 Å². The molecule has 6 nitrogen and oxygen atoms in total. The molecule has 0 aliphatic carbocycles. The standard InChI is InChI=1S/C19H17ClFN3O3S2/c1-26-15-7-6-11(8-16(15)27-2)9-17(25)22-18-23-24-19(29-18)28-10-12-13(20)4-3-5-14(12)21/h3-8H,9-10H2,1-2H3,(H,22,23,25). The number of carbonyl (C=O) groups is 1. The molecule has 0 saturated heterocycles. The smallest absolute Gasteiger partial charge is 0.230 e. The van der Waals surface area contributed by atoms with Gasteiger partial charge in [-0.1, -0.05) is 46.8 Å². The predicted octanol–water partition coefficient (Wildman–Crippen LogP) is 4.82. The number of nitrogens with zero attached hydrogens (tertiary/aromatic N) is 2. The van der Waals surface area contributed by atoms with E-state index in [4.69, 9.17) is 21.1 Å². The lowest BCUT2D eigenvalue weighted by atomic mass is 10.1. The molecular weight excluding hydrogens is 437 g/mol. The Morgan fingerprint density at radius 1 is 1.21 bits per heavy atom. The minimum atomic E-state index is -0.363. The number of hydrogen-bond acceptors (Lipinski definition) is 7. The third kappa shape index (κ3) is 5.59. The summed E-state index contributed by atoms with van der Waals surface area (Å²) in [5.41, 5.74) is 1.18. The Kier molecular flexibility index (Phi) is 7.29. The number of halogens is 2. The van der Waals surface area contributed by atoms with Crippen molar-refractivity contribution in [2.45, 2.75) is 16.5 Å². The van der Waals surface area contributed by atoms with E-state index in [0.717, 1.165) is 5.56 Å². The van der Waals surface area contributed by atoms with Crippen LogP contribution in [0.2, 0.25) is 5.02 Å². The van der Waals surface area contributed by atoms with Crippen LogP contribution >= 0.6 is 34.7 Å². The quantitative estimate of drug-likeness (QED) is 0.389. The minimum absolute atomic E-state index is 0.146. The molecule has 1 amide bonds. The lowest BCUT2D eigenvalue weighted by molar-refractivity contribution is -0.115. The highest BCUT2D eigenvalue weighted by Gasteiger charge is 2.13. The average molecular weight is 454 g/mol. The molecule has 1 aromatic heterocycles. The van der Waals surface area contributed by atoms with E-state index in [1.807, 2.05) is 0 Å². The molecule has 152 valence electrons. The Balaban J connectivity index is 1.58. The van der Waals surface area contributed by atoms with Crippen molar-refractivity contribution < 1.29 is 18.7 Å². The first-order chi connectivity index (χ1) is 14.0. The first-order valence-corrected chi connectivity index (χ1v) is 10.6. The third-order valence-corrected chi connectivity index (χ3v) is 6.22. The van der Waals surface area contributed by atoms with E-state index in [1.165, 1.54) is 36.3 Å². The van der Waals surface area contributed by atoms with E-state index in [2.05, 4.69) is 15.5 Å². The van der Waals surface area contributed by atoms with Crippen LogP contribution in [-0.4, -0.2) is 30.3 Å². The second-order valence-corrected chi connectivity index (χ2v) is 8.38. The summed E-state index contributed by atoms with van der Waals surface area (Å²) in [7, 11) is 3.09. The summed E-state index contributed by atoms with van der Waals surface area (Å²) in [4.78, 5) is 12.3. The summed E-state index contributed by atoms with van der Waals surface area (Å²) in [5, 5.41) is 11.4. The van der Waals surface area contributed by atoms with Crippen molar-refractivity contribution in [3.63, 3.8) is 0 Å². The molecule has 2 aromatic carbocycles. The SMILES string of the molecule is COc1ccc(CC(=O)Nc2nnc(SCc3c(F)cccc3Cl)s2)cc1OC. The van der Waals surface area contributed by atoms with Crippen molar-refractivity contribution in [1.29, 1.82) is 0 Å². The normalized spacial score (nSPS) is 10.6. The number of aromatic nitrogens is 2. The number of methoxy groups -OCH3 is 2. The molecule has 0 saturated carbocycles. The highest BCUT2D eigenvalue weighted by atomic mass is 35.5. The summed E-state index contributed by atoms with van der Waals surface area (Å²) in [5.74, 6) is 0.872. The van der Waals surface area contributed by atoms with Crippen LogP contribution < -0.4 is 14.8 Å². The molecule has 0 spiro atoms. The molecule has 1 N–H and O–H groups in total. The second-order valence-electron chi connectivity index (χ2n) is 5.78. The number of hydrogen-bond donors (Lipinski definition) is 1. The lowest BCUT2D eigenvalue weighted by Gasteiger charge is -2.09. The molecular formula is C19H17ClFN3O3S2. The van der Waals surface area contributed by atoms with Gasteiger partial charge in [0.25, 0.3) is 0 Å². The Morgan fingerprint density at radius 3 is 2.72 bits per heavy atom. The van der Waals surface area contributed by atoms with Crippen LogP contribution in [0, 0.1) is 5.82 Å². The maximum absolute atomic E-state index is 13.8. The predicted molar refractivity (Wildman–Crippen MR) is 113 cm³/mol. The zero-order valence-corrected chi connectivity index (χ0v) is 18.0. The van der Waals surface area contributed by atoms with Crippen molar-refractivity contribution in [2.75, 3.05) is 19.5 Å². The topological polar surface area (TPSA) is 73.3 Å². The van der Waals surface area contributed by atoms with Gasteiger partial charge in [0.2, 0.25) is 11.0 Å². The second kappa shape index (κ2) is 9.91. The highest BCUT2D eigenvalue weighted by Crippen LogP contribution is 2.32. The summed E-state index contributed by atoms with van der Waals surface area (Å²) < 4.78 is 24.9. The van der Waals surface area contributed by atoms with Crippen molar-refractivity contribution in [1.82, 2.24) is 10.2 Å². The molecule has 0 aliphatic rings. The number of rotatable bonds is 8. The number of ether oxygens (including phenoxy) is 2. The monoisotopic (exact) mass is 453 g/mol. The van der Waals surface area contributed by atoms with Gasteiger partial charge in [-0.15, -0.1) is 10.2 Å². The van der Waals surface area contributed by atoms with Crippen LogP contribution in [0.15, 0.2) is 40.7 Å². The minimum Gasteiger partial charge on any atom is -0.493 e. The van der Waals surface area contributed by atoms with Gasteiger partial charge in [-0.05, 0) is 29.8 Å². The van der Waals surface area contributed by atoms with Gasteiger partial charge in [0.05, 0.1) is 20.6 Å². The molecule has 0 atom stereocenters. The van der Waals surface area contributed by atoms with E-state index in [-0.39, 0.29) is 18.1 Å². The van der Waals surface area contributed by atoms with Gasteiger partial charge < -0.3 is 14.8 Å². The van der Waals surface area contributed by atoms with Gasteiger partial charge in [0.1, 0.15) is 5.82 Å². The van der Waals surface area contributed by atoms with Crippen LogP contribution in [-0.2, 0) is 17.0 Å². The van der Waals surface area contributed by atoms with E-state index in [1.54, 1.807) is 37.4 Å². The van der Waals surface area contributed by atoms with Crippen LogP contribution in [0.5, 0.6) is 11.5 Å². The van der Waals surface area contributed by atoms with E-state index in [0.29, 0.717) is 37.3 Å². The Labute approximate surface area is 180 Å². The lowest BCUT2D eigenvalue weighted by Crippen LogP contribution is -2.14. The summed E-state index contributed by atoms with van der Waals surface area (Å²) >= 11 is 8.54. The number of nitrogens with one attached hydrogen (secondary N) is 1. The molecule has 0 aliphatic heterocycles. The third-order valence-electron chi connectivity index (χ3n) is 3.87. The van der Waals surface area contributed by atoms with Crippen molar-refractivity contribution >= 4 is 45.7 Å². The number of anilines is 1. The summed E-state index contributed by atoms with van der Waals surface area (Å²) in [6.45, 7) is 0. The molecule has 3 rings (SSSR count). The summed E-state index contributed by atoms with van der Waals surface area (Å²) in [6.07, 6.45) is 0.146. The Hall–Kier alpha value is -2.36. The van der Waals surface area contributed by atoms with Gasteiger partial charge in [0.15, 0.2) is 15.8 Å². The van der Waals surface area contributed by atoms with Gasteiger partial charge in [-0.25, -0.2) is 4.39 Å². The summed E-state index contributed by atoms with van der Waals surface area (Å²) in [6, 6.07) is 9.85. The molecule has 0 unspecified atom stereocenters. The van der Waals surface area contributed by atoms with Gasteiger partial charge in [-0.2, -0.15) is 0 Å². The largest absolute Gasteiger partial charge is 0.493 e. The van der Waals surface area contributed by atoms with Gasteiger partial charge in [0, 0.05) is 16.3 Å². The number of carbonyl (C=O) groups excluding carboxylic acids is 1. The number of thioether (sulfide) groups is 1. The molecule has 1 heterocycles. The average Bonchev–Trinajstić information content (AvgIpc) is 3.14. The maximum Gasteiger partial charge on any atom is 0.230 e. The fourth-order valence-corrected chi connectivity index (χ4v) is 4.57. The van der Waals surface area contributed by atoms with Crippen molar-refractivity contribution in [3.8, 4) is 11.5 Å². The maximum atomic E-state index is 13.8. The molecule has 0 bridgehead atoms. The van der Waals surface area contributed by atoms with Crippen molar-refractivity contribution in [2.24, 2.45) is 0 Å². The van der Waals surface area contributed by atoms with Crippen molar-refractivity contribution in [3.05, 3.63) is 58.4 Å². The van der Waals surface area contributed by atoms with E-state index < -0.39 is 0 Å². The first-order valence-electron chi connectivity index (χ1n) is 8.40. The molecule has 29 heavy (non-hydrogen) atoms. The molecule has 0 fully saturated rings. The highest BCUT2D eigenvalue weighted by molar-refractivity contribution is 8.00. The van der Waals surface area contributed by atoms with Crippen LogP contribution in [0.3, 0.4) is 0 Å². The zero-order valence-electron chi connectivity index (χ0n) is 15.6. The number of amides is 1. The van der Waals surface area contributed by atoms with Crippen LogP contribution in [0.25, 0.3) is 0 Å². The fraction of sp³-hybridized carbons (Fsp3) is 0.211. The van der Waals surface area contributed by atoms with Gasteiger partial charge >= 0.3 is 0 Å². The van der Waals surface area contributed by atoms with Gasteiger partial charge in [-0.3, -0.25) is 4.79 Å². The van der Waals surface area contributed by atoms with Crippen LogP contribution in [0.4, 0.5) is 9.52 Å². The Morgan fingerprint density at radius 2 is 2.00 bits per heavy atom. The molecule has 10 heteroatoms.